The van der Waals surface area contributed by atoms with Gasteiger partial charge in [0.15, 0.2) is 0 Å². The fourth-order valence-electron chi connectivity index (χ4n) is 4.09. The van der Waals surface area contributed by atoms with Crippen LogP contribution in [0.3, 0.4) is 0 Å². The van der Waals surface area contributed by atoms with Gasteiger partial charge in [0.2, 0.25) is 0 Å². The topological polar surface area (TPSA) is 38.8 Å². The Labute approximate surface area is 112 Å². The summed E-state index contributed by atoms with van der Waals surface area (Å²) in [5.74, 6) is -0.211. The van der Waals surface area contributed by atoms with E-state index in [0.29, 0.717) is 5.56 Å². The molecule has 4 rings (SSSR count). The summed E-state index contributed by atoms with van der Waals surface area (Å²) in [4.78, 5) is 12.2. The van der Waals surface area contributed by atoms with E-state index in [4.69, 9.17) is 9.47 Å². The van der Waals surface area contributed by atoms with Gasteiger partial charge in [-0.25, -0.2) is 4.79 Å². The maximum absolute atomic E-state index is 12.2. The molecular formula is C16H18O3. The third kappa shape index (κ3) is 1.51. The van der Waals surface area contributed by atoms with Crippen molar-refractivity contribution in [3.8, 4) is 0 Å². The minimum absolute atomic E-state index is 0.0412. The zero-order chi connectivity index (χ0) is 12.9. The molecule has 3 aliphatic rings. The van der Waals surface area contributed by atoms with E-state index >= 15 is 0 Å². The largest absolute Gasteiger partial charge is 0.456 e. The smallest absolute Gasteiger partial charge is 0.338 e. The number of esters is 1. The molecule has 0 aromatic heterocycles. The lowest BCUT2D eigenvalue weighted by Crippen LogP contribution is -2.36. The Kier molecular flexibility index (Phi) is 2.31. The fraction of sp³-hybridized carbons (Fsp3) is 0.562. The maximum Gasteiger partial charge on any atom is 0.338 e. The van der Waals surface area contributed by atoms with Crippen molar-refractivity contribution in [3.05, 3.63) is 35.9 Å². The molecule has 100 valence electrons. The molecule has 3 fully saturated rings. The van der Waals surface area contributed by atoms with E-state index in [0.717, 1.165) is 25.7 Å². The average molecular weight is 258 g/mol. The van der Waals surface area contributed by atoms with E-state index in [9.17, 15) is 4.79 Å². The highest BCUT2D eigenvalue weighted by molar-refractivity contribution is 5.89. The molecule has 0 amide bonds. The van der Waals surface area contributed by atoms with Crippen LogP contribution in [0.1, 0.15) is 48.9 Å². The van der Waals surface area contributed by atoms with Crippen LogP contribution in [0.4, 0.5) is 0 Å². The van der Waals surface area contributed by atoms with Crippen molar-refractivity contribution in [2.75, 3.05) is 0 Å². The second kappa shape index (κ2) is 3.83. The zero-order valence-electron chi connectivity index (χ0n) is 10.9. The summed E-state index contributed by atoms with van der Waals surface area (Å²) in [6.07, 6.45) is 6.62. The second-order valence-electron chi connectivity index (χ2n) is 5.99. The van der Waals surface area contributed by atoms with Gasteiger partial charge in [-0.15, -0.1) is 0 Å². The quantitative estimate of drug-likeness (QED) is 0.604. The number of carbonyl (C=O) groups excluding carboxylic acids is 1. The van der Waals surface area contributed by atoms with Crippen molar-refractivity contribution in [2.24, 2.45) is 0 Å². The van der Waals surface area contributed by atoms with Crippen molar-refractivity contribution >= 4 is 5.97 Å². The van der Waals surface area contributed by atoms with E-state index in [1.807, 2.05) is 18.2 Å². The van der Waals surface area contributed by atoms with Crippen LogP contribution in [0, 0.1) is 0 Å². The Balaban J connectivity index is 1.51. The number of rotatable bonds is 2. The Morgan fingerprint density at radius 2 is 1.95 bits per heavy atom. The first-order chi connectivity index (χ1) is 9.26. The predicted octanol–water partition coefficient (Wildman–Crippen LogP) is 3.09. The minimum Gasteiger partial charge on any atom is -0.456 e. The van der Waals surface area contributed by atoms with Gasteiger partial charge in [0.05, 0.1) is 5.56 Å². The van der Waals surface area contributed by atoms with Crippen molar-refractivity contribution < 1.29 is 14.3 Å². The standard InChI is InChI=1S/C16H18O3/c17-14(12-6-2-1-3-7-12)18-13-8-11-15-9-4-5-10-16(13,15)19-15/h1-3,6-7,13H,4-5,8-11H2/t13-,15+,16-/m1/s1. The monoisotopic (exact) mass is 258 g/mol. The summed E-state index contributed by atoms with van der Waals surface area (Å²) < 4.78 is 11.8. The van der Waals surface area contributed by atoms with Gasteiger partial charge in [-0.1, -0.05) is 31.0 Å². The number of carbonyl (C=O) groups is 1. The van der Waals surface area contributed by atoms with Crippen LogP contribution in [0.5, 0.6) is 0 Å². The summed E-state index contributed by atoms with van der Waals surface area (Å²) in [7, 11) is 0. The third-order valence-electron chi connectivity index (χ3n) is 5.08. The Hall–Kier alpha value is -1.35. The summed E-state index contributed by atoms with van der Waals surface area (Å²) in [5, 5.41) is 0. The molecule has 0 unspecified atom stereocenters. The summed E-state index contributed by atoms with van der Waals surface area (Å²) in [6, 6.07) is 9.24. The summed E-state index contributed by atoms with van der Waals surface area (Å²) >= 11 is 0. The van der Waals surface area contributed by atoms with Gasteiger partial charge >= 0.3 is 5.97 Å². The Morgan fingerprint density at radius 3 is 2.79 bits per heavy atom. The first kappa shape index (κ1) is 11.5. The Morgan fingerprint density at radius 1 is 1.16 bits per heavy atom. The molecule has 2 aliphatic carbocycles. The predicted molar refractivity (Wildman–Crippen MR) is 69.9 cm³/mol. The van der Waals surface area contributed by atoms with E-state index in [1.54, 1.807) is 12.1 Å². The van der Waals surface area contributed by atoms with E-state index in [-0.39, 0.29) is 23.3 Å². The Bertz CT molecular complexity index is 508. The summed E-state index contributed by atoms with van der Waals surface area (Å²) in [5.41, 5.74) is 0.565. The lowest BCUT2D eigenvalue weighted by Gasteiger charge is -2.23. The summed E-state index contributed by atoms with van der Waals surface area (Å²) in [6.45, 7) is 0. The van der Waals surface area contributed by atoms with Crippen molar-refractivity contribution in [1.29, 1.82) is 0 Å². The van der Waals surface area contributed by atoms with Crippen LogP contribution in [-0.2, 0) is 9.47 Å². The molecule has 3 nitrogen and oxygen atoms in total. The van der Waals surface area contributed by atoms with Crippen LogP contribution in [-0.4, -0.2) is 23.3 Å². The van der Waals surface area contributed by atoms with Crippen LogP contribution in [0.25, 0.3) is 0 Å². The molecule has 1 aromatic rings. The number of hydrogen-bond donors (Lipinski definition) is 0. The normalized spacial score (nSPS) is 39.3. The van der Waals surface area contributed by atoms with Gasteiger partial charge in [0.25, 0.3) is 0 Å². The fourth-order valence-corrected chi connectivity index (χ4v) is 4.09. The molecule has 3 atom stereocenters. The first-order valence-corrected chi connectivity index (χ1v) is 7.22. The number of ether oxygens (including phenoxy) is 2. The SMILES string of the molecule is O=C(O[C@@H]1CC[C@@]23CCCC[C@@]12O3)c1ccccc1. The molecule has 1 aromatic carbocycles. The molecule has 0 N–H and O–H groups in total. The second-order valence-corrected chi connectivity index (χ2v) is 5.99. The molecule has 1 saturated heterocycles. The van der Waals surface area contributed by atoms with Gasteiger partial charge < -0.3 is 9.47 Å². The van der Waals surface area contributed by atoms with E-state index in [1.165, 1.54) is 12.8 Å². The lowest BCUT2D eigenvalue weighted by molar-refractivity contribution is 0.000301. The van der Waals surface area contributed by atoms with Crippen molar-refractivity contribution in [3.63, 3.8) is 0 Å². The highest BCUT2D eigenvalue weighted by Gasteiger charge is 2.78. The molecule has 2 saturated carbocycles. The molecule has 3 heteroatoms. The maximum atomic E-state index is 12.2. The van der Waals surface area contributed by atoms with Gasteiger partial charge in [0, 0.05) is 0 Å². The number of epoxide rings is 1. The van der Waals surface area contributed by atoms with Gasteiger partial charge in [-0.2, -0.15) is 0 Å². The zero-order valence-corrected chi connectivity index (χ0v) is 10.9. The number of benzene rings is 1. The molecule has 19 heavy (non-hydrogen) atoms. The molecule has 1 aliphatic heterocycles. The number of hydrogen-bond acceptors (Lipinski definition) is 3. The minimum atomic E-state index is -0.211. The van der Waals surface area contributed by atoms with Crippen LogP contribution >= 0.6 is 0 Å². The third-order valence-corrected chi connectivity index (χ3v) is 5.08. The molecule has 0 radical (unpaired) electrons. The van der Waals surface area contributed by atoms with Gasteiger partial charge in [0.1, 0.15) is 17.3 Å². The average Bonchev–Trinajstić information content (AvgIpc) is 3.05. The van der Waals surface area contributed by atoms with Gasteiger partial charge in [-0.05, 0) is 37.8 Å². The highest BCUT2D eigenvalue weighted by atomic mass is 16.7. The highest BCUT2D eigenvalue weighted by Crippen LogP contribution is 2.67. The van der Waals surface area contributed by atoms with Crippen LogP contribution in [0.15, 0.2) is 30.3 Å². The lowest BCUT2D eigenvalue weighted by atomic mass is 9.81. The molecule has 0 bridgehead atoms. The van der Waals surface area contributed by atoms with E-state index < -0.39 is 0 Å². The van der Waals surface area contributed by atoms with Crippen molar-refractivity contribution in [1.82, 2.24) is 0 Å². The van der Waals surface area contributed by atoms with Gasteiger partial charge in [-0.3, -0.25) is 0 Å². The molecular weight excluding hydrogens is 240 g/mol. The molecule has 1 heterocycles. The van der Waals surface area contributed by atoms with E-state index in [2.05, 4.69) is 0 Å². The first-order valence-electron chi connectivity index (χ1n) is 7.22. The molecule has 0 spiro atoms. The van der Waals surface area contributed by atoms with Crippen LogP contribution < -0.4 is 0 Å². The van der Waals surface area contributed by atoms with Crippen LogP contribution in [0.2, 0.25) is 0 Å². The van der Waals surface area contributed by atoms with Crippen molar-refractivity contribution in [2.45, 2.75) is 55.8 Å².